The second-order valence-corrected chi connectivity index (χ2v) is 4.77. The number of fused-ring (bicyclic) bond motifs is 1. The first kappa shape index (κ1) is 15.2. The Labute approximate surface area is 122 Å². The third kappa shape index (κ3) is 2.81. The van der Waals surface area contributed by atoms with Crippen molar-refractivity contribution in [1.29, 1.82) is 0 Å². The zero-order valence-corrected chi connectivity index (χ0v) is 11.8. The van der Waals surface area contributed by atoms with Gasteiger partial charge in [0.1, 0.15) is 12.4 Å². The monoisotopic (exact) mass is 291 g/mol. The number of benzene rings is 1. The standard InChI is InChI=1S/C15H15FN2O2.H3N/c1-19-15-13(16)5-9(7-18-15)11-3-2-4-14-12(11)6-10(17)8-20-14;/h2-5,7,10H,6,8,17H2,1H3;1H3/t10-;/m0./s1. The highest BCUT2D eigenvalue weighted by Crippen LogP contribution is 2.34. The summed E-state index contributed by atoms with van der Waals surface area (Å²) in [6.07, 6.45) is 2.30. The molecule has 2 aromatic rings. The Hall–Kier alpha value is -2.18. The molecular weight excluding hydrogens is 273 g/mol. The number of nitrogens with zero attached hydrogens (tertiary/aromatic N) is 1. The van der Waals surface area contributed by atoms with Crippen LogP contribution in [0.3, 0.4) is 0 Å². The summed E-state index contributed by atoms with van der Waals surface area (Å²) in [7, 11) is 1.39. The number of hydrogen-bond donors (Lipinski definition) is 2. The molecule has 0 amide bonds. The van der Waals surface area contributed by atoms with Gasteiger partial charge in [-0.2, -0.15) is 0 Å². The van der Waals surface area contributed by atoms with E-state index in [1.165, 1.54) is 13.2 Å². The summed E-state index contributed by atoms with van der Waals surface area (Å²) < 4.78 is 24.2. The largest absolute Gasteiger partial charge is 0.492 e. The number of aromatic nitrogens is 1. The first-order valence-corrected chi connectivity index (χ1v) is 6.39. The minimum Gasteiger partial charge on any atom is -0.492 e. The van der Waals surface area contributed by atoms with Crippen molar-refractivity contribution in [1.82, 2.24) is 11.1 Å². The predicted molar refractivity (Wildman–Crippen MR) is 78.4 cm³/mol. The summed E-state index contributed by atoms with van der Waals surface area (Å²) >= 11 is 0. The smallest absolute Gasteiger partial charge is 0.250 e. The predicted octanol–water partition coefficient (Wildman–Crippen LogP) is 2.32. The van der Waals surface area contributed by atoms with E-state index in [4.69, 9.17) is 15.2 Å². The topological polar surface area (TPSA) is 92.4 Å². The van der Waals surface area contributed by atoms with Crippen LogP contribution in [0.1, 0.15) is 5.56 Å². The van der Waals surface area contributed by atoms with Gasteiger partial charge in [-0.25, -0.2) is 9.37 Å². The highest BCUT2D eigenvalue weighted by Gasteiger charge is 2.20. The SMILES string of the molecule is COc1ncc(-c2cccc3c2C[C@H](N)CO3)cc1F.N. The molecule has 2 heterocycles. The molecule has 0 saturated heterocycles. The van der Waals surface area contributed by atoms with Gasteiger partial charge in [0.05, 0.1) is 7.11 Å². The third-order valence-corrected chi connectivity index (χ3v) is 3.36. The van der Waals surface area contributed by atoms with E-state index in [1.54, 1.807) is 6.20 Å². The van der Waals surface area contributed by atoms with Crippen LogP contribution in [0.15, 0.2) is 30.5 Å². The lowest BCUT2D eigenvalue weighted by Crippen LogP contribution is -2.34. The van der Waals surface area contributed by atoms with Crippen LogP contribution in [0.2, 0.25) is 0 Å². The zero-order chi connectivity index (χ0) is 14.1. The lowest BCUT2D eigenvalue weighted by molar-refractivity contribution is 0.264. The molecule has 1 aromatic carbocycles. The van der Waals surface area contributed by atoms with E-state index >= 15 is 0 Å². The van der Waals surface area contributed by atoms with Gasteiger partial charge in [-0.1, -0.05) is 12.1 Å². The van der Waals surface area contributed by atoms with Gasteiger partial charge in [0.25, 0.3) is 0 Å². The quantitative estimate of drug-likeness (QED) is 0.885. The van der Waals surface area contributed by atoms with Crippen molar-refractivity contribution in [2.45, 2.75) is 12.5 Å². The Morgan fingerprint density at radius 3 is 2.95 bits per heavy atom. The van der Waals surface area contributed by atoms with Crippen LogP contribution in [0.25, 0.3) is 11.1 Å². The maximum Gasteiger partial charge on any atom is 0.250 e. The molecule has 0 saturated carbocycles. The molecule has 3 rings (SSSR count). The molecule has 112 valence electrons. The lowest BCUT2D eigenvalue weighted by atomic mass is 9.94. The molecule has 1 aliphatic heterocycles. The van der Waals surface area contributed by atoms with E-state index in [9.17, 15) is 4.39 Å². The molecule has 0 unspecified atom stereocenters. The van der Waals surface area contributed by atoms with Gasteiger partial charge >= 0.3 is 0 Å². The van der Waals surface area contributed by atoms with Crippen LogP contribution in [0, 0.1) is 5.82 Å². The molecule has 21 heavy (non-hydrogen) atoms. The van der Waals surface area contributed by atoms with Crippen LogP contribution in [-0.2, 0) is 6.42 Å². The van der Waals surface area contributed by atoms with Gasteiger partial charge in [0, 0.05) is 23.4 Å². The first-order valence-electron chi connectivity index (χ1n) is 6.39. The normalized spacial score (nSPS) is 16.4. The fraction of sp³-hybridized carbons (Fsp3) is 0.267. The number of halogens is 1. The second kappa shape index (κ2) is 6.07. The number of rotatable bonds is 2. The maximum absolute atomic E-state index is 13.8. The maximum atomic E-state index is 13.8. The number of nitrogens with two attached hydrogens (primary N) is 1. The second-order valence-electron chi connectivity index (χ2n) is 4.77. The molecule has 6 heteroatoms. The Bertz CT molecular complexity index is 649. The van der Waals surface area contributed by atoms with Crippen LogP contribution in [-0.4, -0.2) is 24.7 Å². The van der Waals surface area contributed by atoms with E-state index < -0.39 is 5.82 Å². The molecule has 0 bridgehead atoms. The average Bonchev–Trinajstić information content (AvgIpc) is 2.46. The molecular formula is C15H18FN3O2. The average molecular weight is 291 g/mol. The third-order valence-electron chi connectivity index (χ3n) is 3.36. The summed E-state index contributed by atoms with van der Waals surface area (Å²) in [5, 5.41) is 0. The summed E-state index contributed by atoms with van der Waals surface area (Å²) in [6, 6.07) is 7.08. The van der Waals surface area contributed by atoms with E-state index in [2.05, 4.69) is 4.98 Å². The summed E-state index contributed by atoms with van der Waals surface area (Å²) in [4.78, 5) is 3.97. The molecule has 1 aromatic heterocycles. The van der Waals surface area contributed by atoms with Crippen molar-refractivity contribution >= 4 is 0 Å². The van der Waals surface area contributed by atoms with Gasteiger partial charge in [-0.15, -0.1) is 0 Å². The van der Waals surface area contributed by atoms with E-state index in [0.717, 1.165) is 16.9 Å². The molecule has 0 aliphatic carbocycles. The molecule has 0 radical (unpaired) electrons. The molecule has 1 atom stereocenters. The van der Waals surface area contributed by atoms with Crippen LogP contribution in [0.4, 0.5) is 4.39 Å². The minimum absolute atomic E-state index is 0. The Morgan fingerprint density at radius 1 is 1.43 bits per heavy atom. The fourth-order valence-corrected chi connectivity index (χ4v) is 2.42. The van der Waals surface area contributed by atoms with Crippen molar-refractivity contribution in [2.24, 2.45) is 5.73 Å². The Morgan fingerprint density at radius 2 is 2.24 bits per heavy atom. The molecule has 1 aliphatic rings. The first-order chi connectivity index (χ1) is 9.69. The molecule has 5 N–H and O–H groups in total. The van der Waals surface area contributed by atoms with Crippen molar-refractivity contribution in [3.63, 3.8) is 0 Å². The van der Waals surface area contributed by atoms with Crippen LogP contribution in [0.5, 0.6) is 11.6 Å². The number of methoxy groups -OCH3 is 1. The van der Waals surface area contributed by atoms with E-state index in [1.807, 2.05) is 18.2 Å². The van der Waals surface area contributed by atoms with Crippen molar-refractivity contribution in [3.05, 3.63) is 41.8 Å². The summed E-state index contributed by atoms with van der Waals surface area (Å²) in [5.41, 5.74) is 8.52. The fourth-order valence-electron chi connectivity index (χ4n) is 2.42. The lowest BCUT2D eigenvalue weighted by Gasteiger charge is -2.24. The van der Waals surface area contributed by atoms with Gasteiger partial charge in [0.15, 0.2) is 5.82 Å². The highest BCUT2D eigenvalue weighted by atomic mass is 19.1. The minimum atomic E-state index is -0.483. The van der Waals surface area contributed by atoms with Crippen molar-refractivity contribution in [2.75, 3.05) is 13.7 Å². The van der Waals surface area contributed by atoms with Crippen molar-refractivity contribution < 1.29 is 13.9 Å². The van der Waals surface area contributed by atoms with Crippen LogP contribution < -0.4 is 21.4 Å². The Balaban J connectivity index is 0.00000161. The van der Waals surface area contributed by atoms with Gasteiger partial charge in [-0.3, -0.25) is 0 Å². The number of pyridine rings is 1. The van der Waals surface area contributed by atoms with E-state index in [-0.39, 0.29) is 18.1 Å². The summed E-state index contributed by atoms with van der Waals surface area (Å²) in [5.74, 6) is 0.315. The van der Waals surface area contributed by atoms with Gasteiger partial charge in [0.2, 0.25) is 5.88 Å². The summed E-state index contributed by atoms with van der Waals surface area (Å²) in [6.45, 7) is 0.506. The Kier molecular flexibility index (Phi) is 4.40. The highest BCUT2D eigenvalue weighted by molar-refractivity contribution is 5.70. The zero-order valence-electron chi connectivity index (χ0n) is 11.8. The molecule has 5 nitrogen and oxygen atoms in total. The van der Waals surface area contributed by atoms with Crippen molar-refractivity contribution in [3.8, 4) is 22.8 Å². The molecule has 0 fully saturated rings. The van der Waals surface area contributed by atoms with E-state index in [0.29, 0.717) is 18.6 Å². The van der Waals surface area contributed by atoms with Gasteiger partial charge in [-0.05, 0) is 24.1 Å². The molecule has 0 spiro atoms. The number of hydrogen-bond acceptors (Lipinski definition) is 5. The number of ether oxygens (including phenoxy) is 2. The van der Waals surface area contributed by atoms with Gasteiger partial charge < -0.3 is 21.4 Å². The van der Waals surface area contributed by atoms with Crippen LogP contribution >= 0.6 is 0 Å².